The van der Waals surface area contributed by atoms with E-state index in [2.05, 4.69) is 159 Å². The summed E-state index contributed by atoms with van der Waals surface area (Å²) in [6.07, 6.45) is 6.82. The maximum Gasteiger partial charge on any atom is -1.00 e. The summed E-state index contributed by atoms with van der Waals surface area (Å²) in [5, 5.41) is 2.82. The standard InChI is InChI=1S/C45H35.2ClH.Zr/c1-3-30-20-24-38-36(26-30)28-42-41(38)29-43(44(33-16-10-6-11-17-33)34-18-12-7-13-19-34)37(4-2)45(42)39-25-23-32-21-22-35(27-40(32)39)31-14-8-5-9-15-31;;;/h5-27,29,39H,3-4H2,1-2H3;2*1H;/q;;;+2/p-2. The van der Waals surface area contributed by atoms with Crippen LogP contribution in [0.2, 0.25) is 0 Å². The van der Waals surface area contributed by atoms with Crippen LogP contribution < -0.4 is 35.3 Å². The largest absolute Gasteiger partial charge is 1.00 e. The van der Waals surface area contributed by atoms with Crippen molar-refractivity contribution in [3.63, 3.8) is 0 Å². The van der Waals surface area contributed by atoms with Crippen molar-refractivity contribution < 1.29 is 49.5 Å². The molecule has 2 aliphatic carbocycles. The molecule has 0 fully saturated rings. The van der Waals surface area contributed by atoms with Gasteiger partial charge >= 0.3 is 289 Å². The molecule has 8 rings (SSSR count). The van der Waals surface area contributed by atoms with E-state index in [0.29, 0.717) is 0 Å². The number of fused-ring (bicyclic) bond motifs is 4. The SMILES string of the molecule is CCc1ccc2c(c1)[C]([Zr+2])=c1c-2cc(=C(c2ccccc2)c2ccccc2)c(CC)c1C1C=Cc2ccc(-c3ccccc3)cc21.[Cl-].[Cl-]. The van der Waals surface area contributed by atoms with Gasteiger partial charge in [-0.1, -0.05) is 0 Å². The van der Waals surface area contributed by atoms with Crippen LogP contribution in [0.15, 0.2) is 140 Å². The molecule has 0 radical (unpaired) electrons. The Bertz CT molecular complexity index is 2230. The van der Waals surface area contributed by atoms with Gasteiger partial charge < -0.3 is 24.8 Å². The number of aryl methyl sites for hydroxylation is 1. The molecular weight excluding hydrogens is 703 g/mol. The number of rotatable bonds is 6. The van der Waals surface area contributed by atoms with E-state index in [1.807, 2.05) is 0 Å². The summed E-state index contributed by atoms with van der Waals surface area (Å²) in [4.78, 5) is 0. The van der Waals surface area contributed by atoms with E-state index in [0.717, 1.165) is 12.8 Å². The summed E-state index contributed by atoms with van der Waals surface area (Å²) in [5.41, 5.74) is 17.7. The summed E-state index contributed by atoms with van der Waals surface area (Å²) in [5.74, 6) is 0.186. The predicted octanol–water partition coefficient (Wildman–Crippen LogP) is 3.58. The van der Waals surface area contributed by atoms with Gasteiger partial charge in [0.05, 0.1) is 0 Å². The summed E-state index contributed by atoms with van der Waals surface area (Å²) in [6.45, 7) is 4.61. The molecular formula is C45H35Cl2Zr. The molecule has 48 heavy (non-hydrogen) atoms. The zero-order chi connectivity index (χ0) is 31.2. The number of hydrogen-bond donors (Lipinski definition) is 0. The van der Waals surface area contributed by atoms with Gasteiger partial charge in [0.25, 0.3) is 0 Å². The Hall–Kier alpha value is -3.74. The molecule has 6 aromatic rings. The van der Waals surface area contributed by atoms with Gasteiger partial charge in [-0.2, -0.15) is 0 Å². The Labute approximate surface area is 311 Å². The van der Waals surface area contributed by atoms with Crippen LogP contribution in [0.1, 0.15) is 64.3 Å². The molecule has 0 saturated carbocycles. The fourth-order valence-corrected chi connectivity index (χ4v) is 8.78. The van der Waals surface area contributed by atoms with Crippen molar-refractivity contribution in [2.75, 3.05) is 0 Å². The molecule has 0 bridgehead atoms. The fourth-order valence-electron chi connectivity index (χ4n) is 7.61. The van der Waals surface area contributed by atoms with Crippen molar-refractivity contribution in [1.29, 1.82) is 0 Å². The van der Waals surface area contributed by atoms with Gasteiger partial charge in [0.15, 0.2) is 0 Å². The summed E-state index contributed by atoms with van der Waals surface area (Å²) < 4.78 is 1.49. The Morgan fingerprint density at radius 2 is 1.25 bits per heavy atom. The van der Waals surface area contributed by atoms with Crippen LogP contribution in [0.3, 0.4) is 0 Å². The fraction of sp³-hybridized carbons (Fsp3) is 0.111. The first-order valence-corrected chi connectivity index (χ1v) is 17.7. The van der Waals surface area contributed by atoms with Crippen molar-refractivity contribution >= 4 is 14.9 Å². The van der Waals surface area contributed by atoms with Crippen molar-refractivity contribution in [3.8, 4) is 22.3 Å². The Kier molecular flexibility index (Phi) is 10.2. The molecule has 1 unspecified atom stereocenters. The smallest absolute Gasteiger partial charge is 1.00 e. The second kappa shape index (κ2) is 14.4. The average molecular weight is 738 g/mol. The zero-order valence-electron chi connectivity index (χ0n) is 27.1. The number of allylic oxidation sites excluding steroid dienone is 1. The molecule has 3 heteroatoms. The first-order valence-electron chi connectivity index (χ1n) is 16.4. The third kappa shape index (κ3) is 5.81. The molecule has 0 saturated heterocycles. The maximum absolute atomic E-state index is 2.54. The van der Waals surface area contributed by atoms with E-state index in [-0.39, 0.29) is 30.7 Å². The molecule has 0 nitrogen and oxygen atoms in total. The number of hydrogen-bond acceptors (Lipinski definition) is 0. The molecule has 6 aromatic carbocycles. The molecule has 0 N–H and O–H groups in total. The normalized spacial score (nSPS) is 13.7. The van der Waals surface area contributed by atoms with Crippen LogP contribution >= 0.6 is 0 Å². The van der Waals surface area contributed by atoms with Gasteiger partial charge in [0, 0.05) is 0 Å². The second-order valence-electron chi connectivity index (χ2n) is 12.4. The first-order chi connectivity index (χ1) is 22.7. The van der Waals surface area contributed by atoms with Gasteiger partial charge in [-0.25, -0.2) is 0 Å². The third-order valence-corrected chi connectivity index (χ3v) is 11.1. The Balaban J connectivity index is 0.00000201. The van der Waals surface area contributed by atoms with E-state index in [1.54, 1.807) is 0 Å². The van der Waals surface area contributed by atoms with Crippen LogP contribution in [0, 0.1) is 0 Å². The van der Waals surface area contributed by atoms with Crippen LogP contribution in [0.25, 0.3) is 37.2 Å². The van der Waals surface area contributed by atoms with Crippen LogP contribution in [-0.2, 0) is 37.6 Å². The minimum absolute atomic E-state index is 0. The minimum atomic E-state index is 0. The molecule has 0 aromatic heterocycles. The Morgan fingerprint density at radius 1 is 0.604 bits per heavy atom. The number of halogens is 2. The topological polar surface area (TPSA) is 0 Å². The Morgan fingerprint density at radius 3 is 1.88 bits per heavy atom. The predicted molar refractivity (Wildman–Crippen MR) is 190 cm³/mol. The monoisotopic (exact) mass is 735 g/mol. The molecule has 0 aliphatic heterocycles. The third-order valence-electron chi connectivity index (χ3n) is 9.84. The van der Waals surface area contributed by atoms with Crippen molar-refractivity contribution in [3.05, 3.63) is 194 Å². The molecule has 0 spiro atoms. The molecule has 0 heterocycles. The quantitative estimate of drug-likeness (QED) is 0.246. The van der Waals surface area contributed by atoms with Crippen molar-refractivity contribution in [2.24, 2.45) is 0 Å². The van der Waals surface area contributed by atoms with Gasteiger partial charge in [-0.15, -0.1) is 0 Å². The van der Waals surface area contributed by atoms with E-state index >= 15 is 0 Å². The summed E-state index contributed by atoms with van der Waals surface area (Å²) in [6, 6.07) is 49.6. The second-order valence-corrected chi connectivity index (χ2v) is 13.6. The van der Waals surface area contributed by atoms with Gasteiger partial charge in [-0.05, 0) is 0 Å². The van der Waals surface area contributed by atoms with E-state index in [9.17, 15) is 0 Å². The van der Waals surface area contributed by atoms with Crippen LogP contribution in [0.5, 0.6) is 0 Å². The van der Waals surface area contributed by atoms with Gasteiger partial charge in [0.1, 0.15) is 0 Å². The first kappa shape index (κ1) is 34.1. The van der Waals surface area contributed by atoms with E-state index in [4.69, 9.17) is 0 Å². The number of benzene rings is 6. The van der Waals surface area contributed by atoms with E-state index < -0.39 is 0 Å². The zero-order valence-corrected chi connectivity index (χ0v) is 31.1. The van der Waals surface area contributed by atoms with Crippen molar-refractivity contribution in [2.45, 2.75) is 32.6 Å². The van der Waals surface area contributed by atoms with Crippen LogP contribution in [-0.4, -0.2) is 0 Å². The molecule has 2 aliphatic rings. The van der Waals surface area contributed by atoms with Gasteiger partial charge in [-0.3, -0.25) is 0 Å². The molecule has 233 valence electrons. The van der Waals surface area contributed by atoms with Gasteiger partial charge in [0.2, 0.25) is 0 Å². The van der Waals surface area contributed by atoms with Crippen molar-refractivity contribution in [1.82, 2.24) is 0 Å². The average Bonchev–Trinajstić information content (AvgIpc) is 3.66. The molecule has 1 atom stereocenters. The van der Waals surface area contributed by atoms with Crippen LogP contribution in [0.4, 0.5) is 0 Å². The summed E-state index contributed by atoms with van der Waals surface area (Å²) in [7, 11) is 0. The summed E-state index contributed by atoms with van der Waals surface area (Å²) >= 11 is 1.47. The minimum Gasteiger partial charge on any atom is -1.00 e. The molecule has 0 amide bonds. The van der Waals surface area contributed by atoms with E-state index in [1.165, 1.54) is 111 Å². The maximum atomic E-state index is 2.54.